The summed E-state index contributed by atoms with van der Waals surface area (Å²) in [6.07, 6.45) is 3.59. The largest absolute Gasteiger partial charge is 0.352 e. The van der Waals surface area contributed by atoms with E-state index in [1.54, 1.807) is 72.2 Å². The summed E-state index contributed by atoms with van der Waals surface area (Å²) in [4.78, 5) is 63.3. The van der Waals surface area contributed by atoms with Gasteiger partial charge in [-0.1, -0.05) is 13.0 Å². The lowest BCUT2D eigenvalue weighted by Gasteiger charge is -2.25. The fraction of sp³-hybridized carbons (Fsp3) is 0.194. The molecule has 3 amide bonds. The molecule has 2 N–H and O–H groups in total. The summed E-state index contributed by atoms with van der Waals surface area (Å²) in [5.74, 6) is -0.827. The zero-order valence-electron chi connectivity index (χ0n) is 25.2. The fourth-order valence-corrected chi connectivity index (χ4v) is 5.45. The number of nitrogens with one attached hydrogen (secondary N) is 2. The summed E-state index contributed by atoms with van der Waals surface area (Å²) in [5, 5.41) is 23.0. The average Bonchev–Trinajstić information content (AvgIpc) is 3.68. The normalized spacial score (nSPS) is 13.8. The van der Waals surface area contributed by atoms with Gasteiger partial charge in [0.25, 0.3) is 17.7 Å². The molecule has 5 aromatic rings. The molecule has 6 rings (SSSR count). The first-order chi connectivity index (χ1) is 22.1. The highest BCUT2D eigenvalue weighted by Gasteiger charge is 2.41. The van der Waals surface area contributed by atoms with Crippen LogP contribution >= 0.6 is 0 Å². The van der Waals surface area contributed by atoms with E-state index in [1.807, 2.05) is 13.0 Å². The van der Waals surface area contributed by atoms with Gasteiger partial charge in [0.2, 0.25) is 5.82 Å². The van der Waals surface area contributed by atoms with Gasteiger partial charge < -0.3 is 10.6 Å². The maximum atomic E-state index is 13.8. The molecule has 0 spiro atoms. The van der Waals surface area contributed by atoms with Gasteiger partial charge in [0.15, 0.2) is 5.82 Å². The van der Waals surface area contributed by atoms with E-state index in [4.69, 9.17) is 0 Å². The van der Waals surface area contributed by atoms with Crippen LogP contribution in [0.3, 0.4) is 0 Å². The number of benzene rings is 1. The van der Waals surface area contributed by atoms with E-state index in [0.29, 0.717) is 46.0 Å². The van der Waals surface area contributed by atoms with Crippen molar-refractivity contribution in [3.8, 4) is 11.9 Å². The number of rotatable bonds is 7. The highest BCUT2D eigenvalue weighted by atomic mass is 16.2. The van der Waals surface area contributed by atoms with Gasteiger partial charge in [0, 0.05) is 54.4 Å². The summed E-state index contributed by atoms with van der Waals surface area (Å²) < 4.78 is 3.68. The van der Waals surface area contributed by atoms with Crippen molar-refractivity contribution >= 4 is 34.9 Å². The molecule has 15 heteroatoms. The molecule has 0 aliphatic carbocycles. The van der Waals surface area contributed by atoms with Crippen LogP contribution in [-0.2, 0) is 14.1 Å². The molecule has 1 aliphatic rings. The van der Waals surface area contributed by atoms with Crippen molar-refractivity contribution in [2.45, 2.75) is 26.3 Å². The van der Waals surface area contributed by atoms with Gasteiger partial charge in [-0.25, -0.2) is 24.0 Å². The van der Waals surface area contributed by atoms with Crippen molar-refractivity contribution < 1.29 is 14.4 Å². The van der Waals surface area contributed by atoms with Gasteiger partial charge in [0.05, 0.1) is 17.9 Å². The molecule has 15 nitrogen and oxygen atoms in total. The summed E-state index contributed by atoms with van der Waals surface area (Å²) in [6, 6.07) is 14.2. The first-order valence-corrected chi connectivity index (χ1v) is 14.2. The van der Waals surface area contributed by atoms with E-state index < -0.39 is 23.5 Å². The number of nitriles is 1. The van der Waals surface area contributed by atoms with Crippen LogP contribution in [0, 0.1) is 18.3 Å². The highest BCUT2D eigenvalue weighted by Crippen LogP contribution is 2.41. The van der Waals surface area contributed by atoms with Crippen molar-refractivity contribution in [1.29, 1.82) is 5.26 Å². The minimum Gasteiger partial charge on any atom is -0.321 e. The Morgan fingerprint density at radius 2 is 1.83 bits per heavy atom. The maximum Gasteiger partial charge on any atom is 0.352 e. The summed E-state index contributed by atoms with van der Waals surface area (Å²) in [6.45, 7) is 3.59. The predicted molar refractivity (Wildman–Crippen MR) is 166 cm³/mol. The van der Waals surface area contributed by atoms with E-state index in [0.717, 1.165) is 9.25 Å². The second-order valence-electron chi connectivity index (χ2n) is 10.6. The van der Waals surface area contributed by atoms with Crippen LogP contribution in [0.15, 0.2) is 65.7 Å². The van der Waals surface area contributed by atoms with Crippen molar-refractivity contribution in [3.63, 3.8) is 0 Å². The topological polar surface area (TPSA) is 186 Å². The number of carbonyl (C=O) groups is 3. The third-order valence-corrected chi connectivity index (χ3v) is 7.48. The number of aryl methyl sites for hydroxylation is 3. The molecule has 230 valence electrons. The van der Waals surface area contributed by atoms with Crippen LogP contribution < -0.4 is 21.2 Å². The molecular formula is C31H27N11O4. The summed E-state index contributed by atoms with van der Waals surface area (Å²) in [5.41, 5.74) is 1.95. The number of carbonyl (C=O) groups excluding carboxylic acids is 3. The van der Waals surface area contributed by atoms with Crippen LogP contribution in [0.25, 0.3) is 5.82 Å². The molecule has 0 unspecified atom stereocenters. The zero-order valence-corrected chi connectivity index (χ0v) is 25.2. The Morgan fingerprint density at radius 3 is 2.50 bits per heavy atom. The summed E-state index contributed by atoms with van der Waals surface area (Å²) >= 11 is 0. The lowest BCUT2D eigenvalue weighted by molar-refractivity contribution is 0.0987. The highest BCUT2D eigenvalue weighted by molar-refractivity contribution is 6.15. The number of pyridine rings is 2. The smallest absolute Gasteiger partial charge is 0.321 e. The molecule has 1 aromatic carbocycles. The van der Waals surface area contributed by atoms with Crippen LogP contribution in [0.1, 0.15) is 67.7 Å². The van der Waals surface area contributed by atoms with Gasteiger partial charge >= 0.3 is 5.69 Å². The number of aromatic nitrogens is 7. The minimum absolute atomic E-state index is 0.0891. The number of hydrogen-bond acceptors (Lipinski definition) is 9. The number of fused-ring (bicyclic) bond motifs is 1. The Hall–Kier alpha value is -6.43. The number of hydrogen-bond donors (Lipinski definition) is 2. The molecule has 0 saturated carbocycles. The lowest BCUT2D eigenvalue weighted by Crippen LogP contribution is -2.28. The Balaban J connectivity index is 1.29. The quantitative estimate of drug-likeness (QED) is 0.277. The van der Waals surface area contributed by atoms with Gasteiger partial charge in [-0.2, -0.15) is 10.4 Å². The van der Waals surface area contributed by atoms with Crippen LogP contribution in [0.5, 0.6) is 0 Å². The molecule has 0 radical (unpaired) electrons. The molecule has 5 heterocycles. The second kappa shape index (κ2) is 11.6. The first-order valence-electron chi connectivity index (χ1n) is 14.2. The van der Waals surface area contributed by atoms with Gasteiger partial charge in [-0.3, -0.25) is 24.0 Å². The Morgan fingerprint density at radius 1 is 1.02 bits per heavy atom. The number of nitrogens with zero attached hydrogens (tertiary/aromatic N) is 9. The van der Waals surface area contributed by atoms with Crippen LogP contribution in [-0.4, -0.2) is 51.8 Å². The maximum absolute atomic E-state index is 13.8. The molecule has 0 bridgehead atoms. The monoisotopic (exact) mass is 617 g/mol. The zero-order chi connectivity index (χ0) is 32.7. The van der Waals surface area contributed by atoms with Gasteiger partial charge in [-0.05, 0) is 49.7 Å². The van der Waals surface area contributed by atoms with Crippen LogP contribution in [0.4, 0.5) is 17.2 Å². The molecule has 4 aromatic heterocycles. The second-order valence-corrected chi connectivity index (χ2v) is 10.6. The van der Waals surface area contributed by atoms with Crippen LogP contribution in [0.2, 0.25) is 0 Å². The Labute approximate surface area is 261 Å². The minimum atomic E-state index is -0.546. The third-order valence-electron chi connectivity index (χ3n) is 7.48. The standard InChI is InChI=1S/C31H27N11O4/c1-5-22-26-21(30(45)41(22)20-9-10-24(33-16-20)42-25(15-32)38-40(4)31(42)46)13-17(2)34-27(26)29(44)35-19-8-6-7-18(14-19)28(43)36-23-11-12-39(3)37-23/h6-14,16,22H,5H2,1-4H3,(H,35,44)(H,36,37,43)/t22-/m1/s1. The Bertz CT molecular complexity index is 2140. The van der Waals surface area contributed by atoms with E-state index in [2.05, 4.69) is 30.8 Å². The third kappa shape index (κ3) is 5.17. The molecule has 1 atom stereocenters. The first kappa shape index (κ1) is 29.6. The van der Waals surface area contributed by atoms with Crippen molar-refractivity contribution in [2.24, 2.45) is 14.1 Å². The number of anilines is 3. The van der Waals surface area contributed by atoms with Crippen molar-refractivity contribution in [3.05, 3.63) is 105 Å². The Kier molecular flexibility index (Phi) is 7.46. The van der Waals surface area contributed by atoms with Crippen molar-refractivity contribution in [2.75, 3.05) is 15.5 Å². The van der Waals surface area contributed by atoms with Gasteiger partial charge in [0.1, 0.15) is 17.6 Å². The summed E-state index contributed by atoms with van der Waals surface area (Å²) in [7, 11) is 3.17. The SMILES string of the molecule is CC[C@@H]1c2c(cc(C)nc2C(=O)Nc2cccc(C(=O)Nc3ccn(C)n3)c2)C(=O)N1c1ccc(-n2c(C#N)nn(C)c2=O)nc1. The van der Waals surface area contributed by atoms with Gasteiger partial charge in [-0.15, -0.1) is 5.10 Å². The van der Waals surface area contributed by atoms with E-state index in [1.165, 1.54) is 19.3 Å². The molecule has 0 fully saturated rings. The van der Waals surface area contributed by atoms with E-state index >= 15 is 0 Å². The molecule has 0 saturated heterocycles. The predicted octanol–water partition coefficient (Wildman–Crippen LogP) is 2.89. The number of amides is 3. The fourth-order valence-electron chi connectivity index (χ4n) is 5.45. The molecule has 1 aliphatic heterocycles. The van der Waals surface area contributed by atoms with E-state index in [-0.39, 0.29) is 23.2 Å². The average molecular weight is 618 g/mol. The molecular weight excluding hydrogens is 590 g/mol. The van der Waals surface area contributed by atoms with Crippen molar-refractivity contribution in [1.82, 2.24) is 34.1 Å². The van der Waals surface area contributed by atoms with E-state index in [9.17, 15) is 24.4 Å². The lowest BCUT2D eigenvalue weighted by atomic mass is 9.99. The molecule has 46 heavy (non-hydrogen) atoms.